The van der Waals surface area contributed by atoms with Gasteiger partial charge in [-0.3, -0.25) is 5.32 Å². The van der Waals surface area contributed by atoms with Crippen LogP contribution in [0.1, 0.15) is 26.3 Å². The first-order valence-corrected chi connectivity index (χ1v) is 5.48. The number of rotatable bonds is 2. The van der Waals surface area contributed by atoms with Crippen LogP contribution < -0.4 is 5.32 Å². The van der Waals surface area contributed by atoms with Crippen LogP contribution in [0.5, 0.6) is 0 Å². The number of amides is 1. The Morgan fingerprint density at radius 2 is 2.18 bits per heavy atom. The molecule has 4 nitrogen and oxygen atoms in total. The predicted molar refractivity (Wildman–Crippen MR) is 69.2 cm³/mol. The van der Waals surface area contributed by atoms with Crippen molar-refractivity contribution in [2.24, 2.45) is 0 Å². The summed E-state index contributed by atoms with van der Waals surface area (Å²) in [5, 5.41) is 2.82. The predicted octanol–water partition coefficient (Wildman–Crippen LogP) is 3.73. The molecule has 1 amide bonds. The van der Waals surface area contributed by atoms with Gasteiger partial charge in [0.15, 0.2) is 0 Å². The van der Waals surface area contributed by atoms with Crippen LogP contribution in [0.4, 0.5) is 10.6 Å². The van der Waals surface area contributed by atoms with E-state index in [0.29, 0.717) is 16.5 Å². The average Bonchev–Trinajstić information content (AvgIpc) is 2.14. The largest absolute Gasteiger partial charge is 0.444 e. The van der Waals surface area contributed by atoms with Gasteiger partial charge in [-0.25, -0.2) is 9.78 Å². The fourth-order valence-electron chi connectivity index (χ4n) is 1.11. The summed E-state index contributed by atoms with van der Waals surface area (Å²) >= 11 is 5.75. The van der Waals surface area contributed by atoms with Gasteiger partial charge in [0.1, 0.15) is 16.6 Å². The van der Waals surface area contributed by atoms with Crippen molar-refractivity contribution < 1.29 is 9.53 Å². The lowest BCUT2D eigenvalue weighted by Crippen LogP contribution is -2.27. The Morgan fingerprint density at radius 3 is 2.71 bits per heavy atom. The summed E-state index contributed by atoms with van der Waals surface area (Å²) in [6.45, 7) is 8.98. The summed E-state index contributed by atoms with van der Waals surface area (Å²) in [4.78, 5) is 15.6. The minimum absolute atomic E-state index is 0.293. The Labute approximate surface area is 106 Å². The molecule has 0 aliphatic carbocycles. The SMILES string of the molecule is C=Cc1ccc(Cl)nc1NC(=O)OC(C)(C)C. The third-order valence-electron chi connectivity index (χ3n) is 1.73. The molecule has 92 valence electrons. The van der Waals surface area contributed by atoms with Crippen molar-refractivity contribution in [2.75, 3.05) is 5.32 Å². The molecule has 0 saturated carbocycles. The molecule has 1 rings (SSSR count). The van der Waals surface area contributed by atoms with Crippen molar-refractivity contribution in [3.63, 3.8) is 0 Å². The number of hydrogen-bond acceptors (Lipinski definition) is 3. The molecule has 0 bridgehead atoms. The summed E-state index contributed by atoms with van der Waals surface area (Å²) in [6.07, 6.45) is 1.01. The molecule has 1 N–H and O–H groups in total. The van der Waals surface area contributed by atoms with Crippen molar-refractivity contribution in [3.05, 3.63) is 29.4 Å². The molecule has 1 aromatic heterocycles. The van der Waals surface area contributed by atoms with Crippen LogP contribution in [0.2, 0.25) is 5.15 Å². The van der Waals surface area contributed by atoms with Gasteiger partial charge < -0.3 is 4.74 Å². The minimum Gasteiger partial charge on any atom is -0.444 e. The van der Waals surface area contributed by atoms with E-state index in [0.717, 1.165) is 0 Å². The fourth-order valence-corrected chi connectivity index (χ4v) is 1.26. The van der Waals surface area contributed by atoms with Crippen LogP contribution in [0.3, 0.4) is 0 Å². The number of halogens is 1. The average molecular weight is 255 g/mol. The van der Waals surface area contributed by atoms with E-state index < -0.39 is 11.7 Å². The van der Waals surface area contributed by atoms with Gasteiger partial charge in [-0.05, 0) is 32.9 Å². The number of carbonyl (C=O) groups excluding carboxylic acids is 1. The van der Waals surface area contributed by atoms with Crippen LogP contribution in [0.15, 0.2) is 18.7 Å². The van der Waals surface area contributed by atoms with Crippen LogP contribution in [0.25, 0.3) is 6.08 Å². The zero-order chi connectivity index (χ0) is 13.1. The third kappa shape index (κ3) is 4.44. The number of ether oxygens (including phenoxy) is 1. The maximum absolute atomic E-state index is 11.6. The number of pyridine rings is 1. The van der Waals surface area contributed by atoms with Gasteiger partial charge in [0.05, 0.1) is 0 Å². The molecule has 0 aliphatic heterocycles. The maximum Gasteiger partial charge on any atom is 0.413 e. The highest BCUT2D eigenvalue weighted by atomic mass is 35.5. The normalized spacial score (nSPS) is 10.8. The molecule has 0 unspecified atom stereocenters. The molecule has 0 aliphatic rings. The van der Waals surface area contributed by atoms with E-state index in [4.69, 9.17) is 16.3 Å². The maximum atomic E-state index is 11.6. The highest BCUT2D eigenvalue weighted by Crippen LogP contribution is 2.18. The number of aromatic nitrogens is 1. The van der Waals surface area contributed by atoms with Gasteiger partial charge in [-0.2, -0.15) is 0 Å². The number of nitrogens with zero attached hydrogens (tertiary/aromatic N) is 1. The Morgan fingerprint density at radius 1 is 1.53 bits per heavy atom. The topological polar surface area (TPSA) is 51.2 Å². The third-order valence-corrected chi connectivity index (χ3v) is 1.94. The molecular formula is C12H15ClN2O2. The molecule has 0 spiro atoms. The summed E-state index contributed by atoms with van der Waals surface area (Å²) in [6, 6.07) is 3.34. The summed E-state index contributed by atoms with van der Waals surface area (Å²) < 4.78 is 5.11. The Kier molecular flexibility index (Phi) is 4.12. The van der Waals surface area contributed by atoms with Crippen molar-refractivity contribution in [3.8, 4) is 0 Å². The van der Waals surface area contributed by atoms with Crippen LogP contribution in [0, 0.1) is 0 Å². The fraction of sp³-hybridized carbons (Fsp3) is 0.333. The van der Waals surface area contributed by atoms with Gasteiger partial charge in [0, 0.05) is 5.56 Å². The highest BCUT2D eigenvalue weighted by molar-refractivity contribution is 6.29. The van der Waals surface area contributed by atoms with Crippen LogP contribution in [-0.4, -0.2) is 16.7 Å². The van der Waals surface area contributed by atoms with Gasteiger partial charge in [0.25, 0.3) is 0 Å². The molecule has 0 saturated heterocycles. The van der Waals surface area contributed by atoms with E-state index in [1.165, 1.54) is 0 Å². The summed E-state index contributed by atoms with van der Waals surface area (Å²) in [5.41, 5.74) is 0.122. The van der Waals surface area contributed by atoms with Crippen LogP contribution >= 0.6 is 11.6 Å². The molecule has 0 fully saturated rings. The van der Waals surface area contributed by atoms with Crippen molar-refractivity contribution in [1.82, 2.24) is 4.98 Å². The lowest BCUT2D eigenvalue weighted by atomic mass is 10.2. The van der Waals surface area contributed by atoms with Gasteiger partial charge in [-0.1, -0.05) is 24.3 Å². The monoisotopic (exact) mass is 254 g/mol. The lowest BCUT2D eigenvalue weighted by Gasteiger charge is -2.19. The Hall–Kier alpha value is -1.55. The zero-order valence-corrected chi connectivity index (χ0v) is 10.8. The number of anilines is 1. The van der Waals surface area contributed by atoms with E-state index in [2.05, 4.69) is 16.9 Å². The second-order valence-electron chi connectivity index (χ2n) is 4.40. The molecule has 1 heterocycles. The smallest absolute Gasteiger partial charge is 0.413 e. The van der Waals surface area contributed by atoms with E-state index >= 15 is 0 Å². The van der Waals surface area contributed by atoms with Crippen molar-refractivity contribution >= 4 is 29.6 Å². The number of nitrogens with one attached hydrogen (secondary N) is 1. The molecule has 0 radical (unpaired) electrons. The molecule has 0 aromatic carbocycles. The number of carbonyl (C=O) groups is 1. The Balaban J connectivity index is 2.84. The standard InChI is InChI=1S/C12H15ClN2O2/c1-5-8-6-7-9(13)14-10(8)15-11(16)17-12(2,3)4/h5-7H,1H2,2-4H3,(H,14,15,16). The first kappa shape index (κ1) is 13.5. The van der Waals surface area contributed by atoms with Gasteiger partial charge >= 0.3 is 6.09 Å². The zero-order valence-electron chi connectivity index (χ0n) is 10.1. The van der Waals surface area contributed by atoms with Gasteiger partial charge in [-0.15, -0.1) is 0 Å². The summed E-state index contributed by atoms with van der Waals surface area (Å²) in [5.74, 6) is 0.335. The van der Waals surface area contributed by atoms with E-state index in [-0.39, 0.29) is 0 Å². The Bertz CT molecular complexity index is 439. The van der Waals surface area contributed by atoms with E-state index in [1.807, 2.05) is 0 Å². The second kappa shape index (κ2) is 5.19. The molecule has 5 heteroatoms. The quantitative estimate of drug-likeness (QED) is 0.819. The first-order chi connectivity index (χ1) is 7.81. The molecule has 0 atom stereocenters. The van der Waals surface area contributed by atoms with Crippen LogP contribution in [-0.2, 0) is 4.74 Å². The van der Waals surface area contributed by atoms with Crippen molar-refractivity contribution in [1.29, 1.82) is 0 Å². The van der Waals surface area contributed by atoms with E-state index in [1.54, 1.807) is 39.0 Å². The molecule has 1 aromatic rings. The van der Waals surface area contributed by atoms with Crippen molar-refractivity contribution in [2.45, 2.75) is 26.4 Å². The molecular weight excluding hydrogens is 240 g/mol. The van der Waals surface area contributed by atoms with E-state index in [9.17, 15) is 4.79 Å². The minimum atomic E-state index is -0.574. The molecule has 17 heavy (non-hydrogen) atoms. The number of hydrogen-bond donors (Lipinski definition) is 1. The second-order valence-corrected chi connectivity index (χ2v) is 4.79. The first-order valence-electron chi connectivity index (χ1n) is 5.11. The lowest BCUT2D eigenvalue weighted by molar-refractivity contribution is 0.0635. The highest BCUT2D eigenvalue weighted by Gasteiger charge is 2.17. The van der Waals surface area contributed by atoms with Gasteiger partial charge in [0.2, 0.25) is 0 Å². The summed E-state index contributed by atoms with van der Waals surface area (Å²) in [7, 11) is 0.